The Morgan fingerprint density at radius 2 is 2.24 bits per heavy atom. The highest BCUT2D eigenvalue weighted by Crippen LogP contribution is 2.29. The van der Waals surface area contributed by atoms with Gasteiger partial charge in [-0.25, -0.2) is 0 Å². The number of fused-ring (bicyclic) bond motifs is 1. The first-order valence-electron chi connectivity index (χ1n) is 7.20. The van der Waals surface area contributed by atoms with E-state index in [4.69, 9.17) is 4.74 Å². The number of hydrogen-bond acceptors (Lipinski definition) is 4. The molecule has 2 atom stereocenters. The minimum atomic E-state index is -0.758. The van der Waals surface area contributed by atoms with Gasteiger partial charge in [0.1, 0.15) is 0 Å². The second kappa shape index (κ2) is 6.13. The van der Waals surface area contributed by atoms with E-state index in [1.165, 1.54) is 15.6 Å². The molecule has 2 heterocycles. The molecule has 1 aliphatic rings. The molecule has 3 rings (SSSR count). The number of carboxylic acid groups (broad SMARTS) is 1. The van der Waals surface area contributed by atoms with Gasteiger partial charge in [0.2, 0.25) is 0 Å². The molecule has 1 aliphatic heterocycles. The van der Waals surface area contributed by atoms with Crippen LogP contribution in [0.1, 0.15) is 12.5 Å². The minimum Gasteiger partial charge on any atom is -0.481 e. The predicted octanol–water partition coefficient (Wildman–Crippen LogP) is 2.82. The summed E-state index contributed by atoms with van der Waals surface area (Å²) in [6.07, 6.45) is 0. The zero-order valence-corrected chi connectivity index (χ0v) is 12.8. The lowest BCUT2D eigenvalue weighted by atomic mass is 10.0. The molecule has 1 saturated heterocycles. The Balaban J connectivity index is 1.82. The molecular weight excluding hydrogens is 286 g/mol. The Kier molecular flexibility index (Phi) is 4.24. The highest BCUT2D eigenvalue weighted by atomic mass is 32.1. The maximum atomic E-state index is 11.3. The van der Waals surface area contributed by atoms with Crippen molar-refractivity contribution >= 4 is 27.4 Å². The number of nitrogens with zero attached hydrogens (tertiary/aromatic N) is 1. The van der Waals surface area contributed by atoms with Crippen LogP contribution in [-0.4, -0.2) is 41.8 Å². The highest BCUT2D eigenvalue weighted by molar-refractivity contribution is 7.17. The summed E-state index contributed by atoms with van der Waals surface area (Å²) in [4.78, 5) is 13.6. The van der Waals surface area contributed by atoms with Gasteiger partial charge in [0.25, 0.3) is 0 Å². The first-order valence-corrected chi connectivity index (χ1v) is 8.08. The topological polar surface area (TPSA) is 49.8 Å². The monoisotopic (exact) mass is 305 g/mol. The Hall–Kier alpha value is -1.43. The van der Waals surface area contributed by atoms with Gasteiger partial charge in [-0.05, 0) is 28.9 Å². The van der Waals surface area contributed by atoms with Gasteiger partial charge in [0.15, 0.2) is 0 Å². The lowest BCUT2D eigenvalue weighted by Crippen LogP contribution is -2.42. The van der Waals surface area contributed by atoms with Crippen LogP contribution in [0.2, 0.25) is 0 Å². The van der Waals surface area contributed by atoms with E-state index in [1.54, 1.807) is 11.3 Å². The zero-order chi connectivity index (χ0) is 14.8. The van der Waals surface area contributed by atoms with Crippen LogP contribution in [0.15, 0.2) is 29.6 Å². The summed E-state index contributed by atoms with van der Waals surface area (Å²) in [5.74, 6) is -1.18. The Bertz CT molecular complexity index is 639. The largest absolute Gasteiger partial charge is 0.481 e. The van der Waals surface area contributed by atoms with Gasteiger partial charge in [-0.3, -0.25) is 9.69 Å². The lowest BCUT2D eigenvalue weighted by molar-refractivity contribution is -0.143. The van der Waals surface area contributed by atoms with Crippen molar-refractivity contribution < 1.29 is 14.6 Å². The van der Waals surface area contributed by atoms with E-state index in [2.05, 4.69) is 29.3 Å². The number of ether oxygens (including phenoxy) is 1. The van der Waals surface area contributed by atoms with Crippen molar-refractivity contribution in [2.24, 2.45) is 5.92 Å². The van der Waals surface area contributed by atoms with Crippen molar-refractivity contribution in [1.29, 1.82) is 0 Å². The van der Waals surface area contributed by atoms with E-state index in [0.29, 0.717) is 13.2 Å². The molecule has 1 aromatic heterocycles. The van der Waals surface area contributed by atoms with Crippen LogP contribution in [0.5, 0.6) is 0 Å². The molecule has 0 aliphatic carbocycles. The van der Waals surface area contributed by atoms with Crippen LogP contribution in [0, 0.1) is 5.92 Å². The molecule has 0 spiro atoms. The van der Waals surface area contributed by atoms with E-state index in [1.807, 2.05) is 12.1 Å². The van der Waals surface area contributed by atoms with Gasteiger partial charge in [0, 0.05) is 17.3 Å². The van der Waals surface area contributed by atoms with Crippen LogP contribution in [0.4, 0.5) is 0 Å². The van der Waals surface area contributed by atoms with Crippen molar-refractivity contribution in [3.05, 3.63) is 35.2 Å². The quantitative estimate of drug-likeness (QED) is 0.923. The number of likely N-dealkylation sites (N-methyl/N-ethyl adjacent to an activating group) is 1. The summed E-state index contributed by atoms with van der Waals surface area (Å²) < 4.78 is 6.68. The van der Waals surface area contributed by atoms with Crippen LogP contribution in [-0.2, 0) is 16.1 Å². The summed E-state index contributed by atoms with van der Waals surface area (Å²) >= 11 is 1.74. The number of thiophene rings is 1. The number of hydrogen-bond donors (Lipinski definition) is 1. The van der Waals surface area contributed by atoms with Gasteiger partial charge in [-0.2, -0.15) is 0 Å². The van der Waals surface area contributed by atoms with Gasteiger partial charge >= 0.3 is 5.97 Å². The molecule has 2 aromatic rings. The van der Waals surface area contributed by atoms with Gasteiger partial charge in [-0.1, -0.05) is 25.1 Å². The van der Waals surface area contributed by atoms with Gasteiger partial charge in [0.05, 0.1) is 19.1 Å². The fraction of sp³-hybridized carbons (Fsp3) is 0.438. The molecule has 0 amide bonds. The Morgan fingerprint density at radius 3 is 3.00 bits per heavy atom. The molecular formula is C16H19NO3S. The van der Waals surface area contributed by atoms with Crippen molar-refractivity contribution in [3.63, 3.8) is 0 Å². The van der Waals surface area contributed by atoms with Crippen LogP contribution < -0.4 is 0 Å². The number of aliphatic carboxylic acids is 1. The maximum Gasteiger partial charge on any atom is 0.310 e. The Morgan fingerprint density at radius 1 is 1.43 bits per heavy atom. The average Bonchev–Trinajstić information content (AvgIpc) is 3.12. The maximum absolute atomic E-state index is 11.3. The van der Waals surface area contributed by atoms with Crippen molar-refractivity contribution in [1.82, 2.24) is 4.90 Å². The van der Waals surface area contributed by atoms with E-state index < -0.39 is 11.9 Å². The SMILES string of the molecule is CCN(Cc1csc2ccccc12)C1COCC1C(=O)O. The number of rotatable bonds is 5. The molecule has 5 heteroatoms. The summed E-state index contributed by atoms with van der Waals surface area (Å²) in [5, 5.41) is 12.8. The fourth-order valence-electron chi connectivity index (χ4n) is 2.98. The van der Waals surface area contributed by atoms with Crippen LogP contribution in [0.25, 0.3) is 10.1 Å². The summed E-state index contributed by atoms with van der Waals surface area (Å²) in [7, 11) is 0. The second-order valence-corrected chi connectivity index (χ2v) is 6.28. The van der Waals surface area contributed by atoms with E-state index in [0.717, 1.165) is 13.1 Å². The van der Waals surface area contributed by atoms with Gasteiger partial charge in [-0.15, -0.1) is 11.3 Å². The molecule has 112 valence electrons. The second-order valence-electron chi connectivity index (χ2n) is 5.37. The molecule has 0 radical (unpaired) electrons. The third kappa shape index (κ3) is 2.81. The summed E-state index contributed by atoms with van der Waals surface area (Å²) in [6.45, 7) is 4.50. The molecule has 1 fully saturated rings. The molecule has 0 saturated carbocycles. The van der Waals surface area contributed by atoms with E-state index in [9.17, 15) is 9.90 Å². The van der Waals surface area contributed by atoms with Crippen molar-refractivity contribution in [2.45, 2.75) is 19.5 Å². The van der Waals surface area contributed by atoms with Crippen LogP contribution >= 0.6 is 11.3 Å². The summed E-state index contributed by atoms with van der Waals surface area (Å²) in [6, 6.07) is 8.32. The summed E-state index contributed by atoms with van der Waals surface area (Å²) in [5.41, 5.74) is 1.27. The van der Waals surface area contributed by atoms with E-state index >= 15 is 0 Å². The average molecular weight is 305 g/mol. The van der Waals surface area contributed by atoms with Crippen molar-refractivity contribution in [2.75, 3.05) is 19.8 Å². The minimum absolute atomic E-state index is 0.0360. The van der Waals surface area contributed by atoms with Crippen LogP contribution in [0.3, 0.4) is 0 Å². The number of carbonyl (C=O) groups is 1. The zero-order valence-electron chi connectivity index (χ0n) is 12.0. The third-order valence-corrected chi connectivity index (χ3v) is 5.19. The molecule has 0 bridgehead atoms. The molecule has 2 unspecified atom stereocenters. The predicted molar refractivity (Wildman–Crippen MR) is 83.6 cm³/mol. The van der Waals surface area contributed by atoms with Gasteiger partial charge < -0.3 is 9.84 Å². The number of carboxylic acids is 1. The third-order valence-electron chi connectivity index (χ3n) is 4.18. The fourth-order valence-corrected chi connectivity index (χ4v) is 3.93. The standard InChI is InChI=1S/C16H19NO3S/c1-2-17(14-9-20-8-13(14)16(18)19)7-11-10-21-15-6-4-3-5-12(11)15/h3-6,10,13-14H,2,7-9H2,1H3,(H,18,19). The normalized spacial score (nSPS) is 22.2. The highest BCUT2D eigenvalue weighted by Gasteiger charge is 2.37. The lowest BCUT2D eigenvalue weighted by Gasteiger charge is -2.29. The first kappa shape index (κ1) is 14.5. The number of benzene rings is 1. The smallest absolute Gasteiger partial charge is 0.310 e. The Labute approximate surface area is 127 Å². The molecule has 21 heavy (non-hydrogen) atoms. The molecule has 1 aromatic carbocycles. The molecule has 4 nitrogen and oxygen atoms in total. The first-order chi connectivity index (χ1) is 10.2. The van der Waals surface area contributed by atoms with Crippen molar-refractivity contribution in [3.8, 4) is 0 Å². The molecule has 1 N–H and O–H groups in total. The van der Waals surface area contributed by atoms with E-state index in [-0.39, 0.29) is 6.04 Å².